The summed E-state index contributed by atoms with van der Waals surface area (Å²) in [5.41, 5.74) is 8.64. The maximum absolute atomic E-state index is 6.12. The van der Waals surface area contributed by atoms with E-state index in [9.17, 15) is 0 Å². The lowest BCUT2D eigenvalue weighted by atomic mass is 10.1. The van der Waals surface area contributed by atoms with Crippen LogP contribution in [0.5, 0.6) is 0 Å². The Hall–Kier alpha value is -2.40. The Balaban J connectivity index is 2.11. The van der Waals surface area contributed by atoms with Gasteiger partial charge in [-0.3, -0.25) is 4.57 Å². The lowest BCUT2D eigenvalue weighted by Gasteiger charge is -2.09. The van der Waals surface area contributed by atoms with Crippen molar-refractivity contribution in [2.75, 3.05) is 5.73 Å². The van der Waals surface area contributed by atoms with Crippen molar-refractivity contribution in [1.29, 1.82) is 0 Å². The quantitative estimate of drug-likeness (QED) is 0.572. The van der Waals surface area contributed by atoms with E-state index in [4.69, 9.17) is 5.73 Å². The summed E-state index contributed by atoms with van der Waals surface area (Å²) < 4.78 is 2.78. The van der Waals surface area contributed by atoms with E-state index in [1.165, 1.54) is 0 Å². The molecular weight excluding hydrogens is 328 g/mol. The van der Waals surface area contributed by atoms with Crippen LogP contribution in [0.2, 0.25) is 0 Å². The highest BCUT2D eigenvalue weighted by molar-refractivity contribution is 9.10. The Morgan fingerprint density at radius 3 is 2.76 bits per heavy atom. The molecule has 5 heteroatoms. The van der Waals surface area contributed by atoms with E-state index in [0.717, 1.165) is 32.1 Å². The van der Waals surface area contributed by atoms with Crippen LogP contribution in [0.3, 0.4) is 0 Å². The third-order valence-electron chi connectivity index (χ3n) is 3.50. The molecule has 4 aromatic rings. The number of hydrogen-bond acceptors (Lipinski definition) is 3. The number of benzene rings is 2. The van der Waals surface area contributed by atoms with Gasteiger partial charge in [0.25, 0.3) is 0 Å². The molecule has 0 radical (unpaired) electrons. The first kappa shape index (κ1) is 12.3. The second-order valence-corrected chi connectivity index (χ2v) is 5.72. The summed E-state index contributed by atoms with van der Waals surface area (Å²) in [6.45, 7) is 0. The average Bonchev–Trinajstić information content (AvgIpc) is 2.81. The third-order valence-corrected chi connectivity index (χ3v) is 3.93. The second kappa shape index (κ2) is 4.56. The number of fused-ring (bicyclic) bond motifs is 2. The van der Waals surface area contributed by atoms with Gasteiger partial charge in [-0.25, -0.2) is 9.97 Å². The first-order valence-corrected chi connectivity index (χ1v) is 7.31. The molecule has 0 saturated carbocycles. The molecule has 0 aliphatic carbocycles. The van der Waals surface area contributed by atoms with Crippen molar-refractivity contribution >= 4 is 43.8 Å². The van der Waals surface area contributed by atoms with Crippen LogP contribution in [0.4, 0.5) is 5.95 Å². The SMILES string of the molecule is Nc1nc2cc(Br)cnc2n1-c1cccc2ccccc12. The summed E-state index contributed by atoms with van der Waals surface area (Å²) in [5.74, 6) is 0.437. The minimum Gasteiger partial charge on any atom is -0.369 e. The van der Waals surface area contributed by atoms with Crippen LogP contribution in [-0.4, -0.2) is 14.5 Å². The molecule has 0 saturated heterocycles. The van der Waals surface area contributed by atoms with Gasteiger partial charge in [-0.05, 0) is 33.4 Å². The van der Waals surface area contributed by atoms with Gasteiger partial charge in [0, 0.05) is 16.1 Å². The van der Waals surface area contributed by atoms with Gasteiger partial charge >= 0.3 is 0 Å². The van der Waals surface area contributed by atoms with Crippen molar-refractivity contribution in [1.82, 2.24) is 14.5 Å². The predicted octanol–water partition coefficient (Wildman–Crippen LogP) is 3.92. The Labute approximate surface area is 129 Å². The van der Waals surface area contributed by atoms with Crippen LogP contribution < -0.4 is 5.73 Å². The van der Waals surface area contributed by atoms with E-state index in [0.29, 0.717) is 5.95 Å². The first-order valence-electron chi connectivity index (χ1n) is 6.51. The van der Waals surface area contributed by atoms with Crippen LogP contribution >= 0.6 is 15.9 Å². The Kier molecular flexibility index (Phi) is 2.68. The van der Waals surface area contributed by atoms with Crippen molar-refractivity contribution in [2.45, 2.75) is 0 Å². The molecule has 0 spiro atoms. The van der Waals surface area contributed by atoms with Gasteiger partial charge in [-0.1, -0.05) is 36.4 Å². The highest BCUT2D eigenvalue weighted by Gasteiger charge is 2.13. The molecule has 4 rings (SSSR count). The number of anilines is 1. The van der Waals surface area contributed by atoms with Gasteiger partial charge in [0.05, 0.1) is 5.69 Å². The standard InChI is InChI=1S/C16H11BrN4/c17-11-8-13-15(19-9-11)21(16(18)20-13)14-7-3-5-10-4-1-2-6-12(10)14/h1-9H,(H2,18,20). The molecule has 2 N–H and O–H groups in total. The molecule has 2 aromatic carbocycles. The van der Waals surface area contributed by atoms with E-state index in [2.05, 4.69) is 44.1 Å². The molecule has 21 heavy (non-hydrogen) atoms. The van der Waals surface area contributed by atoms with Gasteiger partial charge in [0.15, 0.2) is 5.65 Å². The monoisotopic (exact) mass is 338 g/mol. The average molecular weight is 339 g/mol. The highest BCUT2D eigenvalue weighted by Crippen LogP contribution is 2.28. The van der Waals surface area contributed by atoms with Gasteiger partial charge in [-0.2, -0.15) is 0 Å². The molecule has 0 atom stereocenters. The maximum atomic E-state index is 6.12. The van der Waals surface area contributed by atoms with Crippen molar-refractivity contribution in [2.24, 2.45) is 0 Å². The van der Waals surface area contributed by atoms with E-state index < -0.39 is 0 Å². The molecule has 0 unspecified atom stereocenters. The zero-order chi connectivity index (χ0) is 14.4. The van der Waals surface area contributed by atoms with Gasteiger partial charge < -0.3 is 5.73 Å². The number of pyridine rings is 1. The molecule has 0 aliphatic rings. The number of nitrogens with two attached hydrogens (primary N) is 1. The van der Waals surface area contributed by atoms with Gasteiger partial charge in [0.1, 0.15) is 5.52 Å². The maximum Gasteiger partial charge on any atom is 0.207 e. The number of nitrogens with zero attached hydrogens (tertiary/aromatic N) is 3. The fourth-order valence-corrected chi connectivity index (χ4v) is 2.92. The van der Waals surface area contributed by atoms with Crippen LogP contribution in [0, 0.1) is 0 Å². The minimum atomic E-state index is 0.437. The fourth-order valence-electron chi connectivity index (χ4n) is 2.60. The summed E-state index contributed by atoms with van der Waals surface area (Å²) >= 11 is 3.41. The molecule has 0 fully saturated rings. The largest absolute Gasteiger partial charge is 0.369 e. The number of aromatic nitrogens is 3. The number of hydrogen-bond donors (Lipinski definition) is 1. The van der Waals surface area contributed by atoms with E-state index in [-0.39, 0.29) is 0 Å². The number of nitrogen functional groups attached to an aromatic ring is 1. The molecule has 2 heterocycles. The summed E-state index contributed by atoms with van der Waals surface area (Å²) in [4.78, 5) is 8.86. The Morgan fingerprint density at radius 2 is 1.86 bits per heavy atom. The van der Waals surface area contributed by atoms with Crippen molar-refractivity contribution < 1.29 is 0 Å². The zero-order valence-corrected chi connectivity index (χ0v) is 12.6. The van der Waals surface area contributed by atoms with Crippen LogP contribution in [-0.2, 0) is 0 Å². The minimum absolute atomic E-state index is 0.437. The van der Waals surface area contributed by atoms with Crippen molar-refractivity contribution in [3.05, 3.63) is 59.2 Å². The summed E-state index contributed by atoms with van der Waals surface area (Å²) in [5, 5.41) is 2.28. The normalized spacial score (nSPS) is 11.3. The Morgan fingerprint density at radius 1 is 1.05 bits per heavy atom. The van der Waals surface area contributed by atoms with E-state index in [1.54, 1.807) is 6.20 Å². The van der Waals surface area contributed by atoms with E-state index in [1.807, 2.05) is 34.9 Å². The lowest BCUT2D eigenvalue weighted by molar-refractivity contribution is 1.09. The second-order valence-electron chi connectivity index (χ2n) is 4.80. The Bertz CT molecular complexity index is 969. The van der Waals surface area contributed by atoms with Crippen molar-refractivity contribution in [3.63, 3.8) is 0 Å². The molecule has 4 nitrogen and oxygen atoms in total. The highest BCUT2D eigenvalue weighted by atomic mass is 79.9. The zero-order valence-electron chi connectivity index (χ0n) is 11.0. The molecule has 0 aliphatic heterocycles. The van der Waals surface area contributed by atoms with Gasteiger partial charge in [-0.15, -0.1) is 0 Å². The molecule has 2 aromatic heterocycles. The molecule has 102 valence electrons. The summed E-state index contributed by atoms with van der Waals surface area (Å²) in [6, 6.07) is 16.2. The van der Waals surface area contributed by atoms with Gasteiger partial charge in [0.2, 0.25) is 5.95 Å². The van der Waals surface area contributed by atoms with Crippen LogP contribution in [0.15, 0.2) is 59.2 Å². The van der Waals surface area contributed by atoms with Crippen LogP contribution in [0.25, 0.3) is 27.6 Å². The van der Waals surface area contributed by atoms with E-state index >= 15 is 0 Å². The number of rotatable bonds is 1. The number of halogens is 1. The fraction of sp³-hybridized carbons (Fsp3) is 0. The first-order chi connectivity index (χ1) is 10.2. The number of imidazole rings is 1. The topological polar surface area (TPSA) is 56.7 Å². The van der Waals surface area contributed by atoms with Crippen LogP contribution in [0.1, 0.15) is 0 Å². The molecular formula is C16H11BrN4. The van der Waals surface area contributed by atoms with Crippen molar-refractivity contribution in [3.8, 4) is 5.69 Å². The third kappa shape index (κ3) is 1.89. The molecule has 0 amide bonds. The molecule has 0 bridgehead atoms. The summed E-state index contributed by atoms with van der Waals surface area (Å²) in [6.07, 6.45) is 1.76. The smallest absolute Gasteiger partial charge is 0.207 e. The predicted molar refractivity (Wildman–Crippen MR) is 88.5 cm³/mol. The summed E-state index contributed by atoms with van der Waals surface area (Å²) in [7, 11) is 0. The lowest BCUT2D eigenvalue weighted by Crippen LogP contribution is -2.02.